The molecule has 3 fully saturated rings. The minimum atomic E-state index is -2.82. The molecule has 0 bridgehead atoms. The van der Waals surface area contributed by atoms with Gasteiger partial charge in [0.15, 0.2) is 15.8 Å². The maximum atomic E-state index is 11.7. The number of rotatable bonds is 3. The molecule has 8 heteroatoms. The molecule has 2 aliphatic heterocycles. The van der Waals surface area contributed by atoms with Crippen molar-refractivity contribution >= 4 is 51.5 Å². The summed E-state index contributed by atoms with van der Waals surface area (Å²) in [5.41, 5.74) is 0. The molecule has 5 nitrogen and oxygen atoms in total. The molecule has 1 saturated carbocycles. The van der Waals surface area contributed by atoms with Crippen molar-refractivity contribution in [3.63, 3.8) is 0 Å². The van der Waals surface area contributed by atoms with Crippen molar-refractivity contribution in [2.45, 2.75) is 56.7 Å². The quantitative estimate of drug-likeness (QED) is 0.366. The molecule has 2 heterocycles. The smallest absolute Gasteiger partial charge is 0.194 e. The van der Waals surface area contributed by atoms with E-state index in [9.17, 15) is 8.42 Å². The molecular formula is C17H32IN3O2S2. The van der Waals surface area contributed by atoms with Crippen LogP contribution in [0.5, 0.6) is 0 Å². The van der Waals surface area contributed by atoms with Crippen molar-refractivity contribution in [3.05, 3.63) is 0 Å². The molecule has 3 aliphatic rings. The Morgan fingerprint density at radius 3 is 2.60 bits per heavy atom. The van der Waals surface area contributed by atoms with Crippen molar-refractivity contribution in [2.75, 3.05) is 36.9 Å². The predicted molar refractivity (Wildman–Crippen MR) is 118 cm³/mol. The van der Waals surface area contributed by atoms with Crippen LogP contribution in [-0.4, -0.2) is 67.0 Å². The highest BCUT2D eigenvalue weighted by atomic mass is 127. The van der Waals surface area contributed by atoms with Gasteiger partial charge in [-0.05, 0) is 39.0 Å². The van der Waals surface area contributed by atoms with Crippen LogP contribution in [0.15, 0.2) is 4.99 Å². The Bertz CT molecular complexity index is 574. The van der Waals surface area contributed by atoms with Gasteiger partial charge in [0.25, 0.3) is 0 Å². The van der Waals surface area contributed by atoms with Gasteiger partial charge in [-0.3, -0.25) is 4.99 Å². The van der Waals surface area contributed by atoms with Gasteiger partial charge in [-0.1, -0.05) is 12.8 Å². The lowest BCUT2D eigenvalue weighted by Crippen LogP contribution is -2.52. The fraction of sp³-hybridized carbons (Fsp3) is 0.941. The zero-order chi connectivity index (χ0) is 17.2. The summed E-state index contributed by atoms with van der Waals surface area (Å²) in [7, 11) is -2.82. The Labute approximate surface area is 174 Å². The van der Waals surface area contributed by atoms with E-state index in [4.69, 9.17) is 4.99 Å². The Balaban J connectivity index is 0.00000225. The monoisotopic (exact) mass is 501 g/mol. The van der Waals surface area contributed by atoms with Gasteiger partial charge in [0, 0.05) is 36.2 Å². The standard InChI is InChI=1S/C17H31N3O2S2.HI/c1-17(2)13-20(8-9-23-17)16(19-15-5-3-4-6-15)18-11-14-7-10-24(21,22)12-14;/h14-15H,3-13H2,1-2H3,(H,18,19);1H. The summed E-state index contributed by atoms with van der Waals surface area (Å²) in [5, 5.41) is 3.69. The maximum Gasteiger partial charge on any atom is 0.194 e. The van der Waals surface area contributed by atoms with E-state index in [1.54, 1.807) is 0 Å². The fourth-order valence-electron chi connectivity index (χ4n) is 3.92. The Morgan fingerprint density at radius 1 is 1.28 bits per heavy atom. The van der Waals surface area contributed by atoms with Crippen LogP contribution >= 0.6 is 35.7 Å². The van der Waals surface area contributed by atoms with Crippen molar-refractivity contribution in [1.82, 2.24) is 10.2 Å². The normalized spacial score (nSPS) is 29.4. The first-order valence-electron chi connectivity index (χ1n) is 9.23. The second-order valence-corrected chi connectivity index (χ2v) is 12.1. The summed E-state index contributed by atoms with van der Waals surface area (Å²) < 4.78 is 23.6. The highest BCUT2D eigenvalue weighted by Gasteiger charge is 2.31. The number of guanidine groups is 1. The number of aliphatic imine (C=N–C) groups is 1. The van der Waals surface area contributed by atoms with Crippen molar-refractivity contribution in [3.8, 4) is 0 Å². The van der Waals surface area contributed by atoms with Gasteiger partial charge < -0.3 is 10.2 Å². The number of hydrogen-bond donors (Lipinski definition) is 1. The average Bonchev–Trinajstić information content (AvgIpc) is 3.11. The summed E-state index contributed by atoms with van der Waals surface area (Å²) in [6, 6.07) is 0.536. The minimum Gasteiger partial charge on any atom is -0.354 e. The van der Waals surface area contributed by atoms with E-state index in [1.807, 2.05) is 11.8 Å². The van der Waals surface area contributed by atoms with Gasteiger partial charge in [-0.15, -0.1) is 24.0 Å². The van der Waals surface area contributed by atoms with Crippen LogP contribution in [-0.2, 0) is 9.84 Å². The molecule has 0 aromatic rings. The second kappa shape index (κ2) is 8.99. The summed E-state index contributed by atoms with van der Waals surface area (Å²) in [4.78, 5) is 7.27. The number of sulfone groups is 1. The van der Waals surface area contributed by atoms with E-state index >= 15 is 0 Å². The molecule has 0 radical (unpaired) electrons. The van der Waals surface area contributed by atoms with Gasteiger partial charge in [0.05, 0.1) is 11.5 Å². The lowest BCUT2D eigenvalue weighted by molar-refractivity contribution is 0.367. The van der Waals surface area contributed by atoms with Gasteiger partial charge in [-0.2, -0.15) is 11.8 Å². The van der Waals surface area contributed by atoms with Crippen LogP contribution in [0.2, 0.25) is 0 Å². The van der Waals surface area contributed by atoms with E-state index in [0.29, 0.717) is 24.1 Å². The molecule has 146 valence electrons. The molecule has 1 atom stereocenters. The largest absolute Gasteiger partial charge is 0.354 e. The SMILES string of the molecule is CC1(C)CN(C(=NCC2CCS(=O)(=O)C2)NC2CCCC2)CCS1.I. The van der Waals surface area contributed by atoms with Crippen LogP contribution in [0.25, 0.3) is 0 Å². The van der Waals surface area contributed by atoms with Gasteiger partial charge in [0.1, 0.15) is 0 Å². The Hall–Kier alpha value is 0.300. The molecule has 0 spiro atoms. The zero-order valence-corrected chi connectivity index (χ0v) is 19.3. The lowest BCUT2D eigenvalue weighted by Gasteiger charge is -2.40. The molecule has 1 aliphatic carbocycles. The van der Waals surface area contributed by atoms with E-state index in [-0.39, 0.29) is 34.6 Å². The first-order valence-corrected chi connectivity index (χ1v) is 12.0. The number of nitrogens with one attached hydrogen (secondary N) is 1. The molecule has 2 saturated heterocycles. The van der Waals surface area contributed by atoms with E-state index in [2.05, 4.69) is 24.1 Å². The van der Waals surface area contributed by atoms with Crippen LogP contribution in [0.3, 0.4) is 0 Å². The topological polar surface area (TPSA) is 61.8 Å². The average molecular weight is 502 g/mol. The van der Waals surface area contributed by atoms with Gasteiger partial charge in [0.2, 0.25) is 0 Å². The van der Waals surface area contributed by atoms with Gasteiger partial charge in [-0.25, -0.2) is 8.42 Å². The molecule has 1 unspecified atom stereocenters. The predicted octanol–water partition coefficient (Wildman–Crippen LogP) is 2.75. The fourth-order valence-corrected chi connectivity index (χ4v) is 6.88. The summed E-state index contributed by atoms with van der Waals surface area (Å²) in [6.45, 7) is 7.24. The zero-order valence-electron chi connectivity index (χ0n) is 15.4. The molecule has 1 N–H and O–H groups in total. The minimum absolute atomic E-state index is 0. The highest BCUT2D eigenvalue weighted by Crippen LogP contribution is 2.30. The van der Waals surface area contributed by atoms with Crippen LogP contribution in [0.4, 0.5) is 0 Å². The number of hydrogen-bond acceptors (Lipinski definition) is 4. The highest BCUT2D eigenvalue weighted by molar-refractivity contribution is 14.0. The van der Waals surface area contributed by atoms with Crippen molar-refractivity contribution in [2.24, 2.45) is 10.9 Å². The molecule has 0 amide bonds. The van der Waals surface area contributed by atoms with E-state index < -0.39 is 9.84 Å². The summed E-state index contributed by atoms with van der Waals surface area (Å²) in [6.07, 6.45) is 5.82. The summed E-state index contributed by atoms with van der Waals surface area (Å²) >= 11 is 2.02. The molecular weight excluding hydrogens is 469 g/mol. The first-order chi connectivity index (χ1) is 11.3. The second-order valence-electron chi connectivity index (χ2n) is 8.09. The molecule has 25 heavy (non-hydrogen) atoms. The van der Waals surface area contributed by atoms with Crippen LogP contribution in [0.1, 0.15) is 46.0 Å². The Kier molecular flexibility index (Phi) is 7.77. The van der Waals surface area contributed by atoms with Crippen LogP contribution in [0, 0.1) is 5.92 Å². The first kappa shape index (κ1) is 21.6. The number of thioether (sulfide) groups is 1. The number of halogens is 1. The lowest BCUT2D eigenvalue weighted by atomic mass is 10.1. The van der Waals surface area contributed by atoms with E-state index in [1.165, 1.54) is 25.7 Å². The third kappa shape index (κ3) is 6.45. The molecule has 0 aromatic carbocycles. The third-order valence-corrected chi connectivity index (χ3v) is 8.37. The third-order valence-electron chi connectivity index (χ3n) is 5.24. The maximum absolute atomic E-state index is 11.7. The van der Waals surface area contributed by atoms with E-state index in [0.717, 1.165) is 31.2 Å². The van der Waals surface area contributed by atoms with Gasteiger partial charge >= 0.3 is 0 Å². The Morgan fingerprint density at radius 2 is 2.00 bits per heavy atom. The molecule has 3 rings (SSSR count). The van der Waals surface area contributed by atoms with Crippen molar-refractivity contribution < 1.29 is 8.42 Å². The van der Waals surface area contributed by atoms with Crippen molar-refractivity contribution in [1.29, 1.82) is 0 Å². The van der Waals surface area contributed by atoms with Crippen LogP contribution < -0.4 is 5.32 Å². The molecule has 0 aromatic heterocycles. The number of nitrogens with zero attached hydrogens (tertiary/aromatic N) is 2. The summed E-state index contributed by atoms with van der Waals surface area (Å²) in [5.74, 6) is 2.98.